The van der Waals surface area contributed by atoms with Crippen molar-refractivity contribution in [3.8, 4) is 11.5 Å². The molecule has 3 aromatic rings. The van der Waals surface area contributed by atoms with Gasteiger partial charge in [0.05, 0.1) is 16.7 Å². The third kappa shape index (κ3) is 2.13. The fourth-order valence-corrected chi connectivity index (χ4v) is 3.34. The number of aryl methyl sites for hydroxylation is 2. The van der Waals surface area contributed by atoms with Crippen LogP contribution in [0.2, 0.25) is 0 Å². The summed E-state index contributed by atoms with van der Waals surface area (Å²) in [7, 11) is 0. The van der Waals surface area contributed by atoms with E-state index in [9.17, 15) is 4.79 Å². The summed E-state index contributed by atoms with van der Waals surface area (Å²) in [4.78, 5) is 20.0. The zero-order valence-electron chi connectivity index (χ0n) is 12.6. The Labute approximate surface area is 132 Å². The summed E-state index contributed by atoms with van der Waals surface area (Å²) in [5, 5.41) is 10.0. The third-order valence-corrected chi connectivity index (χ3v) is 4.77. The van der Waals surface area contributed by atoms with Crippen LogP contribution in [0.5, 0.6) is 0 Å². The van der Waals surface area contributed by atoms with Gasteiger partial charge in [-0.25, -0.2) is 4.98 Å². The van der Waals surface area contributed by atoms with Crippen molar-refractivity contribution in [1.29, 1.82) is 0 Å². The molecule has 2 aliphatic carbocycles. The number of carbonyl (C=O) groups is 1. The lowest BCUT2D eigenvalue weighted by molar-refractivity contribution is -0.117. The van der Waals surface area contributed by atoms with Gasteiger partial charge in [0.1, 0.15) is 0 Å². The number of benzene rings is 1. The number of hydrogen-bond donors (Lipinski definition) is 3. The summed E-state index contributed by atoms with van der Waals surface area (Å²) < 4.78 is 0. The molecule has 2 aromatic heterocycles. The molecule has 6 nitrogen and oxygen atoms in total. The Morgan fingerprint density at radius 1 is 1.22 bits per heavy atom. The molecule has 1 amide bonds. The first-order valence-electron chi connectivity index (χ1n) is 8.14. The maximum Gasteiger partial charge on any atom is 0.227 e. The van der Waals surface area contributed by atoms with E-state index in [2.05, 4.69) is 37.6 Å². The molecule has 0 atom stereocenters. The van der Waals surface area contributed by atoms with E-state index in [0.717, 1.165) is 36.7 Å². The van der Waals surface area contributed by atoms with Crippen LogP contribution < -0.4 is 5.32 Å². The highest BCUT2D eigenvalue weighted by atomic mass is 16.2. The maximum absolute atomic E-state index is 12.0. The second kappa shape index (κ2) is 4.68. The lowest BCUT2D eigenvalue weighted by Crippen LogP contribution is -2.13. The summed E-state index contributed by atoms with van der Waals surface area (Å²) in [6.07, 6.45) is 7.18. The molecular formula is C17H17N5O. The topological polar surface area (TPSA) is 86.5 Å². The van der Waals surface area contributed by atoms with Crippen LogP contribution in [0.15, 0.2) is 18.3 Å². The molecule has 6 heteroatoms. The molecule has 0 aliphatic heterocycles. The first-order valence-corrected chi connectivity index (χ1v) is 8.14. The van der Waals surface area contributed by atoms with Crippen LogP contribution in [-0.4, -0.2) is 26.1 Å². The smallest absolute Gasteiger partial charge is 0.227 e. The predicted octanol–water partition coefficient (Wildman–Crippen LogP) is 2.79. The highest BCUT2D eigenvalue weighted by Crippen LogP contribution is 2.33. The van der Waals surface area contributed by atoms with E-state index in [1.54, 1.807) is 6.20 Å². The van der Waals surface area contributed by atoms with Crippen molar-refractivity contribution in [3.05, 3.63) is 29.5 Å². The quantitative estimate of drug-likeness (QED) is 0.695. The Hall–Kier alpha value is -2.63. The highest BCUT2D eigenvalue weighted by molar-refractivity contribution is 5.97. The van der Waals surface area contributed by atoms with E-state index >= 15 is 0 Å². The molecule has 1 saturated carbocycles. The van der Waals surface area contributed by atoms with Crippen LogP contribution in [0, 0.1) is 5.92 Å². The minimum Gasteiger partial charge on any atom is -0.337 e. The van der Waals surface area contributed by atoms with E-state index in [-0.39, 0.29) is 11.8 Å². The normalized spacial score (nSPS) is 16.7. The van der Waals surface area contributed by atoms with Crippen LogP contribution in [0.25, 0.3) is 22.6 Å². The van der Waals surface area contributed by atoms with Gasteiger partial charge in [0.2, 0.25) is 5.91 Å². The van der Waals surface area contributed by atoms with Crippen LogP contribution >= 0.6 is 0 Å². The zero-order valence-corrected chi connectivity index (χ0v) is 12.6. The predicted molar refractivity (Wildman–Crippen MR) is 87.1 cm³/mol. The molecule has 1 aromatic carbocycles. The second-order valence-electron chi connectivity index (χ2n) is 6.49. The summed E-state index contributed by atoms with van der Waals surface area (Å²) in [6.45, 7) is 0. The van der Waals surface area contributed by atoms with E-state index < -0.39 is 0 Å². The van der Waals surface area contributed by atoms with Crippen molar-refractivity contribution in [2.45, 2.75) is 32.1 Å². The molecule has 0 radical (unpaired) electrons. The van der Waals surface area contributed by atoms with Crippen molar-refractivity contribution in [2.24, 2.45) is 5.92 Å². The number of aromatic nitrogens is 4. The Morgan fingerprint density at radius 3 is 2.87 bits per heavy atom. The molecule has 1 fully saturated rings. The first kappa shape index (κ1) is 12.9. The molecule has 0 bridgehead atoms. The summed E-state index contributed by atoms with van der Waals surface area (Å²) >= 11 is 0. The van der Waals surface area contributed by atoms with E-state index in [0.29, 0.717) is 17.2 Å². The van der Waals surface area contributed by atoms with Gasteiger partial charge in [0.25, 0.3) is 0 Å². The van der Waals surface area contributed by atoms with Gasteiger partial charge in [-0.3, -0.25) is 9.89 Å². The SMILES string of the molecule is O=C(Nc1c[nH]nc1-c1nc2cc3c(cc2[nH]1)CCC3)C1CC1. The summed E-state index contributed by atoms with van der Waals surface area (Å²) in [5.41, 5.74) is 6.16. The Morgan fingerprint density at radius 2 is 2.04 bits per heavy atom. The molecule has 116 valence electrons. The number of rotatable bonds is 3. The molecular weight excluding hydrogens is 290 g/mol. The molecule has 3 N–H and O–H groups in total. The molecule has 5 rings (SSSR count). The zero-order chi connectivity index (χ0) is 15.4. The number of amides is 1. The average Bonchev–Trinajstić information content (AvgIpc) is 2.93. The monoisotopic (exact) mass is 307 g/mol. The van der Waals surface area contributed by atoms with Gasteiger partial charge in [-0.1, -0.05) is 0 Å². The van der Waals surface area contributed by atoms with Gasteiger partial charge in [0, 0.05) is 12.1 Å². The van der Waals surface area contributed by atoms with Gasteiger partial charge in [0.15, 0.2) is 11.5 Å². The molecule has 2 heterocycles. The van der Waals surface area contributed by atoms with E-state index in [1.807, 2.05) is 0 Å². The fourth-order valence-electron chi connectivity index (χ4n) is 3.34. The number of hydrogen-bond acceptors (Lipinski definition) is 3. The van der Waals surface area contributed by atoms with Gasteiger partial charge >= 0.3 is 0 Å². The number of imidazole rings is 1. The number of nitrogens with zero attached hydrogens (tertiary/aromatic N) is 2. The lowest BCUT2D eigenvalue weighted by atomic mass is 10.1. The van der Waals surface area contributed by atoms with Crippen molar-refractivity contribution in [1.82, 2.24) is 20.2 Å². The van der Waals surface area contributed by atoms with Crippen molar-refractivity contribution in [2.75, 3.05) is 5.32 Å². The Kier molecular flexibility index (Phi) is 2.62. The number of nitrogens with one attached hydrogen (secondary N) is 3. The minimum absolute atomic E-state index is 0.0720. The molecule has 0 saturated heterocycles. The van der Waals surface area contributed by atoms with Gasteiger partial charge < -0.3 is 10.3 Å². The maximum atomic E-state index is 12.0. The molecule has 0 unspecified atom stereocenters. The van der Waals surface area contributed by atoms with Crippen LogP contribution in [0.4, 0.5) is 5.69 Å². The number of anilines is 1. The minimum atomic E-state index is 0.0720. The highest BCUT2D eigenvalue weighted by Gasteiger charge is 2.30. The van der Waals surface area contributed by atoms with Crippen LogP contribution in [-0.2, 0) is 17.6 Å². The third-order valence-electron chi connectivity index (χ3n) is 4.77. The van der Waals surface area contributed by atoms with Crippen molar-refractivity contribution < 1.29 is 4.79 Å². The van der Waals surface area contributed by atoms with Crippen LogP contribution in [0.3, 0.4) is 0 Å². The largest absolute Gasteiger partial charge is 0.337 e. The number of fused-ring (bicyclic) bond motifs is 2. The summed E-state index contributed by atoms with van der Waals surface area (Å²) in [5.74, 6) is 0.926. The lowest BCUT2D eigenvalue weighted by Gasteiger charge is -2.02. The molecule has 2 aliphatic rings. The number of aromatic amines is 2. The fraction of sp³-hybridized carbons (Fsp3) is 0.353. The molecule has 23 heavy (non-hydrogen) atoms. The average molecular weight is 307 g/mol. The Balaban J connectivity index is 1.53. The second-order valence-corrected chi connectivity index (χ2v) is 6.49. The van der Waals surface area contributed by atoms with Crippen molar-refractivity contribution in [3.63, 3.8) is 0 Å². The van der Waals surface area contributed by atoms with Gasteiger partial charge in [-0.2, -0.15) is 5.10 Å². The van der Waals surface area contributed by atoms with Gasteiger partial charge in [-0.05, 0) is 55.4 Å². The number of H-pyrrole nitrogens is 2. The van der Waals surface area contributed by atoms with E-state index in [1.165, 1.54) is 17.5 Å². The molecule has 0 spiro atoms. The standard InChI is InChI=1S/C17H17N5O/c23-17(9-4-5-9)21-14-8-18-22-15(14)16-19-12-6-10-2-1-3-11(10)7-13(12)20-16/h6-9H,1-5H2,(H,18,22)(H,19,20)(H,21,23). The first-order chi connectivity index (χ1) is 11.3. The van der Waals surface area contributed by atoms with E-state index in [4.69, 9.17) is 0 Å². The summed E-state index contributed by atoms with van der Waals surface area (Å²) in [6, 6.07) is 4.37. The van der Waals surface area contributed by atoms with Crippen LogP contribution in [0.1, 0.15) is 30.4 Å². The van der Waals surface area contributed by atoms with Gasteiger partial charge in [-0.15, -0.1) is 0 Å². The Bertz CT molecular complexity index is 877. The number of carbonyl (C=O) groups excluding carboxylic acids is 1. The van der Waals surface area contributed by atoms with Crippen molar-refractivity contribution >= 4 is 22.6 Å².